The van der Waals surface area contributed by atoms with Gasteiger partial charge in [-0.3, -0.25) is 4.79 Å². The summed E-state index contributed by atoms with van der Waals surface area (Å²) in [5.74, 6) is -0.865. The molecule has 0 fully saturated rings. The summed E-state index contributed by atoms with van der Waals surface area (Å²) in [6, 6.07) is 8.97. The molecule has 240 valence electrons. The normalized spacial score (nSPS) is 11.6. The van der Waals surface area contributed by atoms with Gasteiger partial charge in [0.2, 0.25) is 0 Å². The van der Waals surface area contributed by atoms with Gasteiger partial charge in [0.05, 0.1) is 18.2 Å². The zero-order valence-electron chi connectivity index (χ0n) is 26.3. The smallest absolute Gasteiger partial charge is 0.322 e. The van der Waals surface area contributed by atoms with Gasteiger partial charge >= 0.3 is 12.0 Å². The van der Waals surface area contributed by atoms with E-state index in [1.54, 1.807) is 31.3 Å². The van der Waals surface area contributed by atoms with Gasteiger partial charge in [0.15, 0.2) is 11.6 Å². The SMILES string of the molecule is COC(=O)CCc1cc(Cl)ncc1-c1c(-c2ccc(Oc3nccc(C)n3)c(F)c2)c2c(N)ncnc2n1COCC[Si](C)(C)C. The molecule has 2 N–H and O–H groups in total. The van der Waals surface area contributed by atoms with Crippen molar-refractivity contribution < 1.29 is 23.4 Å². The first-order valence-electron chi connectivity index (χ1n) is 14.6. The number of anilines is 1. The average molecular weight is 664 g/mol. The molecule has 0 amide bonds. The molecule has 4 aromatic heterocycles. The van der Waals surface area contributed by atoms with Gasteiger partial charge in [0.25, 0.3) is 0 Å². The molecular formula is C32H35ClFN7O4Si. The predicted molar refractivity (Wildman–Crippen MR) is 177 cm³/mol. The Morgan fingerprint density at radius 1 is 1.11 bits per heavy atom. The van der Waals surface area contributed by atoms with E-state index in [2.05, 4.69) is 44.6 Å². The molecule has 0 atom stereocenters. The molecule has 0 aliphatic rings. The molecule has 0 saturated heterocycles. The zero-order valence-corrected chi connectivity index (χ0v) is 28.1. The standard InChI is InChI=1S/C32H35ClFN7O4Si/c1-19-10-11-36-32(40-19)45-24-8-6-21(14-23(24)34)27-28-30(35)38-17-39-31(28)41(18-44-12-13-46(3,4)5)29(27)22-16-37-25(33)15-20(22)7-9-26(42)43-2/h6,8,10-11,14-17H,7,9,12-13,18H2,1-5H3,(H2,35,38,39). The molecule has 0 aliphatic carbocycles. The fraction of sp³-hybridized carbons (Fsp3) is 0.312. The van der Waals surface area contributed by atoms with Crippen LogP contribution in [0.1, 0.15) is 17.7 Å². The molecule has 0 aliphatic heterocycles. The van der Waals surface area contributed by atoms with Crippen LogP contribution in [-0.2, 0) is 27.4 Å². The van der Waals surface area contributed by atoms with E-state index in [1.165, 1.54) is 31.8 Å². The second-order valence-corrected chi connectivity index (χ2v) is 17.9. The molecule has 0 saturated carbocycles. The summed E-state index contributed by atoms with van der Waals surface area (Å²) < 4.78 is 34.4. The number of aromatic nitrogens is 6. The van der Waals surface area contributed by atoms with Gasteiger partial charge in [-0.15, -0.1) is 0 Å². The Morgan fingerprint density at radius 2 is 1.91 bits per heavy atom. The number of hydrogen-bond donors (Lipinski definition) is 1. The third-order valence-electron chi connectivity index (χ3n) is 7.32. The number of pyridine rings is 1. The average Bonchev–Trinajstić information content (AvgIpc) is 3.33. The largest absolute Gasteiger partial charge is 0.469 e. The lowest BCUT2D eigenvalue weighted by molar-refractivity contribution is -0.140. The van der Waals surface area contributed by atoms with E-state index in [4.69, 9.17) is 31.5 Å². The van der Waals surface area contributed by atoms with Crippen molar-refractivity contribution in [2.24, 2.45) is 0 Å². The third-order valence-corrected chi connectivity index (χ3v) is 9.23. The van der Waals surface area contributed by atoms with Crippen LogP contribution >= 0.6 is 11.6 Å². The quantitative estimate of drug-likeness (QED) is 0.0652. The first-order valence-corrected chi connectivity index (χ1v) is 18.7. The maximum Gasteiger partial charge on any atom is 0.322 e. The summed E-state index contributed by atoms with van der Waals surface area (Å²) in [7, 11) is -0.0391. The molecule has 46 heavy (non-hydrogen) atoms. The van der Waals surface area contributed by atoms with E-state index in [0.29, 0.717) is 52.1 Å². The van der Waals surface area contributed by atoms with Crippen LogP contribution in [0.4, 0.5) is 10.2 Å². The molecule has 5 aromatic rings. The number of ether oxygens (including phenoxy) is 3. The van der Waals surface area contributed by atoms with E-state index in [-0.39, 0.29) is 41.9 Å². The lowest BCUT2D eigenvalue weighted by atomic mass is 9.95. The minimum atomic E-state index is -1.38. The summed E-state index contributed by atoms with van der Waals surface area (Å²) in [5.41, 5.74) is 10.7. The number of carbonyl (C=O) groups is 1. The number of halogens is 2. The highest BCUT2D eigenvalue weighted by molar-refractivity contribution is 6.76. The van der Waals surface area contributed by atoms with Gasteiger partial charge in [-0.05, 0) is 54.8 Å². The number of rotatable bonds is 12. The number of nitrogen functional groups attached to an aromatic ring is 1. The maximum atomic E-state index is 15.8. The molecule has 1 aromatic carbocycles. The lowest BCUT2D eigenvalue weighted by Crippen LogP contribution is -2.22. The number of nitrogens with zero attached hydrogens (tertiary/aromatic N) is 6. The van der Waals surface area contributed by atoms with Gasteiger partial charge < -0.3 is 24.5 Å². The second-order valence-electron chi connectivity index (χ2n) is 11.9. The maximum absolute atomic E-state index is 15.8. The third kappa shape index (κ3) is 7.49. The van der Waals surface area contributed by atoms with Crippen LogP contribution in [0.5, 0.6) is 11.8 Å². The van der Waals surface area contributed by atoms with Crippen molar-refractivity contribution in [2.45, 2.75) is 52.2 Å². The highest BCUT2D eigenvalue weighted by Gasteiger charge is 2.27. The summed E-state index contributed by atoms with van der Waals surface area (Å²) in [6.45, 7) is 9.29. The van der Waals surface area contributed by atoms with E-state index in [1.807, 2.05) is 4.57 Å². The van der Waals surface area contributed by atoms with Crippen LogP contribution in [0.25, 0.3) is 33.4 Å². The molecule has 0 unspecified atom stereocenters. The number of methoxy groups -OCH3 is 1. The number of aryl methyl sites for hydroxylation is 2. The zero-order chi connectivity index (χ0) is 33.0. The summed E-state index contributed by atoms with van der Waals surface area (Å²) in [5, 5.41) is 0.764. The number of esters is 1. The van der Waals surface area contributed by atoms with Crippen molar-refractivity contribution in [1.82, 2.24) is 29.5 Å². The van der Waals surface area contributed by atoms with Gasteiger partial charge in [-0.2, -0.15) is 0 Å². The van der Waals surface area contributed by atoms with Crippen molar-refractivity contribution in [3.05, 3.63) is 71.3 Å². The van der Waals surface area contributed by atoms with Crippen molar-refractivity contribution in [3.8, 4) is 34.1 Å². The summed E-state index contributed by atoms with van der Waals surface area (Å²) in [6.07, 6.45) is 4.95. The summed E-state index contributed by atoms with van der Waals surface area (Å²) >= 11 is 6.34. The molecule has 4 heterocycles. The van der Waals surface area contributed by atoms with Gasteiger partial charge in [0, 0.05) is 50.3 Å². The summed E-state index contributed by atoms with van der Waals surface area (Å²) in [4.78, 5) is 33.6. The van der Waals surface area contributed by atoms with Crippen LogP contribution in [-0.4, -0.2) is 57.2 Å². The minimum Gasteiger partial charge on any atom is -0.469 e. The van der Waals surface area contributed by atoms with Gasteiger partial charge in [-0.25, -0.2) is 29.3 Å². The highest BCUT2D eigenvalue weighted by atomic mass is 35.5. The van der Waals surface area contributed by atoms with Crippen LogP contribution in [0.15, 0.2) is 49.1 Å². The minimum absolute atomic E-state index is 0.0274. The second kappa shape index (κ2) is 13.9. The van der Waals surface area contributed by atoms with E-state index in [0.717, 1.165) is 11.6 Å². The lowest BCUT2D eigenvalue weighted by Gasteiger charge is -2.18. The molecule has 5 rings (SSSR count). The highest BCUT2D eigenvalue weighted by Crippen LogP contribution is 2.44. The first kappa shape index (κ1) is 32.9. The van der Waals surface area contributed by atoms with E-state index in [9.17, 15) is 4.79 Å². The Labute approximate surface area is 272 Å². The van der Waals surface area contributed by atoms with Crippen molar-refractivity contribution in [3.63, 3.8) is 0 Å². The van der Waals surface area contributed by atoms with Crippen LogP contribution in [0.2, 0.25) is 30.8 Å². The van der Waals surface area contributed by atoms with Crippen LogP contribution in [0.3, 0.4) is 0 Å². The number of fused-ring (bicyclic) bond motifs is 1. The van der Waals surface area contributed by atoms with Crippen molar-refractivity contribution in [2.75, 3.05) is 19.5 Å². The molecule has 11 nitrogen and oxygen atoms in total. The fourth-order valence-corrected chi connectivity index (χ4v) is 5.89. The topological polar surface area (TPSA) is 140 Å². The van der Waals surface area contributed by atoms with Crippen molar-refractivity contribution >= 4 is 42.5 Å². The Balaban J connectivity index is 1.70. The van der Waals surface area contributed by atoms with Crippen molar-refractivity contribution in [1.29, 1.82) is 0 Å². The number of hydrogen-bond acceptors (Lipinski definition) is 10. The molecule has 0 radical (unpaired) electrons. The van der Waals surface area contributed by atoms with Crippen LogP contribution in [0, 0.1) is 12.7 Å². The first-order chi connectivity index (χ1) is 21.9. The van der Waals surface area contributed by atoms with E-state index >= 15 is 4.39 Å². The number of nitrogens with two attached hydrogens (primary N) is 1. The Hall–Kier alpha value is -4.46. The molecule has 14 heteroatoms. The van der Waals surface area contributed by atoms with Gasteiger partial charge in [0.1, 0.15) is 29.7 Å². The van der Waals surface area contributed by atoms with Crippen LogP contribution < -0.4 is 10.5 Å². The van der Waals surface area contributed by atoms with Gasteiger partial charge in [-0.1, -0.05) is 37.3 Å². The Kier molecular flexibility index (Phi) is 9.94. The number of benzene rings is 1. The fourth-order valence-electron chi connectivity index (χ4n) is 4.95. The number of carbonyl (C=O) groups excluding carboxylic acids is 1. The monoisotopic (exact) mass is 663 g/mol. The molecule has 0 bridgehead atoms. The Morgan fingerprint density at radius 3 is 2.63 bits per heavy atom. The predicted octanol–water partition coefficient (Wildman–Crippen LogP) is 6.84. The molecular weight excluding hydrogens is 629 g/mol. The Bertz CT molecular complexity index is 1900. The molecule has 0 spiro atoms. The van der Waals surface area contributed by atoms with E-state index < -0.39 is 13.9 Å².